The Hall–Kier alpha value is -3.06. The van der Waals surface area contributed by atoms with Crippen LogP contribution in [-0.2, 0) is 6.54 Å². The lowest BCUT2D eigenvalue weighted by atomic mass is 10.2. The number of furan rings is 1. The molecule has 0 saturated carbocycles. The quantitative estimate of drug-likeness (QED) is 0.658. The summed E-state index contributed by atoms with van der Waals surface area (Å²) in [7, 11) is 0. The SMILES string of the molecule is O=C(NCc1cccs1)Nc1ccc(NC(=O)c2ccco2)cc1. The smallest absolute Gasteiger partial charge is 0.319 e. The van der Waals surface area contributed by atoms with Gasteiger partial charge in [0.05, 0.1) is 12.8 Å². The molecule has 0 bridgehead atoms. The van der Waals surface area contributed by atoms with E-state index in [1.807, 2.05) is 17.5 Å². The Bertz CT molecular complexity index is 796. The second kappa shape index (κ2) is 7.47. The van der Waals surface area contributed by atoms with Gasteiger partial charge in [0.2, 0.25) is 0 Å². The standard InChI is InChI=1S/C17H15N3O3S/c21-16(15-4-1-9-23-15)19-12-5-7-13(8-6-12)20-17(22)18-11-14-3-2-10-24-14/h1-10H,11H2,(H,19,21)(H2,18,20,22). The molecule has 0 aliphatic rings. The monoisotopic (exact) mass is 341 g/mol. The van der Waals surface area contributed by atoms with Gasteiger partial charge in [0.25, 0.3) is 5.91 Å². The molecule has 1 aromatic carbocycles. The van der Waals surface area contributed by atoms with Crippen LogP contribution in [0.1, 0.15) is 15.4 Å². The summed E-state index contributed by atoms with van der Waals surface area (Å²) in [6.07, 6.45) is 1.44. The van der Waals surface area contributed by atoms with Gasteiger partial charge in [0, 0.05) is 16.3 Å². The first-order chi connectivity index (χ1) is 11.7. The van der Waals surface area contributed by atoms with Gasteiger partial charge in [0.1, 0.15) is 0 Å². The molecule has 0 radical (unpaired) electrons. The first kappa shape index (κ1) is 15.8. The maximum absolute atomic E-state index is 11.9. The van der Waals surface area contributed by atoms with Crippen LogP contribution in [0, 0.1) is 0 Å². The van der Waals surface area contributed by atoms with E-state index in [4.69, 9.17) is 4.42 Å². The molecule has 7 heteroatoms. The number of amides is 3. The molecular weight excluding hydrogens is 326 g/mol. The molecule has 0 aliphatic carbocycles. The molecule has 6 nitrogen and oxygen atoms in total. The lowest BCUT2D eigenvalue weighted by Gasteiger charge is -2.08. The largest absolute Gasteiger partial charge is 0.459 e. The summed E-state index contributed by atoms with van der Waals surface area (Å²) < 4.78 is 5.02. The van der Waals surface area contributed by atoms with E-state index in [-0.39, 0.29) is 17.7 Å². The Morgan fingerprint density at radius 3 is 2.33 bits per heavy atom. The van der Waals surface area contributed by atoms with Crippen molar-refractivity contribution in [2.24, 2.45) is 0 Å². The van der Waals surface area contributed by atoms with Gasteiger partial charge in [0.15, 0.2) is 5.76 Å². The molecule has 0 spiro atoms. The van der Waals surface area contributed by atoms with E-state index in [0.717, 1.165) is 4.88 Å². The molecule has 2 heterocycles. The molecule has 3 N–H and O–H groups in total. The van der Waals surface area contributed by atoms with Crippen LogP contribution in [-0.4, -0.2) is 11.9 Å². The third kappa shape index (κ3) is 4.23. The van der Waals surface area contributed by atoms with Gasteiger partial charge in [-0.1, -0.05) is 6.07 Å². The van der Waals surface area contributed by atoms with Gasteiger partial charge < -0.3 is 20.4 Å². The molecule has 3 amide bonds. The van der Waals surface area contributed by atoms with Crippen molar-refractivity contribution in [1.29, 1.82) is 0 Å². The van der Waals surface area contributed by atoms with Crippen LogP contribution in [0.2, 0.25) is 0 Å². The van der Waals surface area contributed by atoms with Gasteiger partial charge in [-0.25, -0.2) is 4.79 Å². The van der Waals surface area contributed by atoms with Gasteiger partial charge in [-0.2, -0.15) is 0 Å². The molecule has 0 unspecified atom stereocenters. The van der Waals surface area contributed by atoms with E-state index in [2.05, 4.69) is 16.0 Å². The molecule has 0 fully saturated rings. The Balaban J connectivity index is 1.50. The van der Waals surface area contributed by atoms with Crippen molar-refractivity contribution in [2.45, 2.75) is 6.54 Å². The first-order valence-corrected chi connectivity index (χ1v) is 8.11. The Kier molecular flexibility index (Phi) is 4.93. The Morgan fingerprint density at radius 1 is 0.958 bits per heavy atom. The van der Waals surface area contributed by atoms with Crippen LogP contribution in [0.25, 0.3) is 0 Å². The Morgan fingerprint density at radius 2 is 1.71 bits per heavy atom. The number of anilines is 2. The molecule has 122 valence electrons. The van der Waals surface area contributed by atoms with Crippen LogP contribution in [0.4, 0.5) is 16.2 Å². The number of rotatable bonds is 5. The van der Waals surface area contributed by atoms with E-state index in [9.17, 15) is 9.59 Å². The fraction of sp³-hybridized carbons (Fsp3) is 0.0588. The average molecular weight is 341 g/mol. The third-order valence-corrected chi connectivity index (χ3v) is 4.03. The van der Waals surface area contributed by atoms with Crippen molar-refractivity contribution in [1.82, 2.24) is 5.32 Å². The molecule has 0 saturated heterocycles. The summed E-state index contributed by atoms with van der Waals surface area (Å²) in [5, 5.41) is 10.2. The maximum atomic E-state index is 11.9. The van der Waals surface area contributed by atoms with Crippen molar-refractivity contribution in [2.75, 3.05) is 10.6 Å². The van der Waals surface area contributed by atoms with Gasteiger partial charge in [-0.3, -0.25) is 4.79 Å². The number of nitrogens with one attached hydrogen (secondary N) is 3. The second-order valence-electron chi connectivity index (χ2n) is 4.90. The zero-order chi connectivity index (χ0) is 16.8. The summed E-state index contributed by atoms with van der Waals surface area (Å²) in [5.74, 6) is -0.0837. The number of urea groups is 1. The number of benzene rings is 1. The molecule has 0 atom stereocenters. The molecule has 3 rings (SSSR count). The first-order valence-electron chi connectivity index (χ1n) is 7.23. The van der Waals surface area contributed by atoms with Crippen molar-refractivity contribution < 1.29 is 14.0 Å². The predicted octanol–water partition coefficient (Wildman–Crippen LogP) is 3.92. The van der Waals surface area contributed by atoms with Crippen LogP contribution >= 0.6 is 11.3 Å². The summed E-state index contributed by atoms with van der Waals surface area (Å²) in [4.78, 5) is 24.8. The van der Waals surface area contributed by atoms with Crippen LogP contribution < -0.4 is 16.0 Å². The lowest BCUT2D eigenvalue weighted by molar-refractivity contribution is 0.0996. The fourth-order valence-electron chi connectivity index (χ4n) is 1.99. The summed E-state index contributed by atoms with van der Waals surface area (Å²) in [5.41, 5.74) is 1.25. The van der Waals surface area contributed by atoms with Crippen molar-refractivity contribution in [3.8, 4) is 0 Å². The molecular formula is C17H15N3O3S. The predicted molar refractivity (Wildman–Crippen MR) is 93.3 cm³/mol. The summed E-state index contributed by atoms with van der Waals surface area (Å²) in [6.45, 7) is 0.487. The van der Waals surface area contributed by atoms with Crippen molar-refractivity contribution in [3.05, 3.63) is 70.8 Å². The minimum atomic E-state index is -0.325. The van der Waals surface area contributed by atoms with Crippen LogP contribution in [0.5, 0.6) is 0 Å². The van der Waals surface area contributed by atoms with E-state index in [1.54, 1.807) is 47.7 Å². The maximum Gasteiger partial charge on any atom is 0.319 e. The number of thiophene rings is 1. The highest BCUT2D eigenvalue weighted by Crippen LogP contribution is 2.15. The van der Waals surface area contributed by atoms with Gasteiger partial charge in [-0.05, 0) is 47.8 Å². The van der Waals surface area contributed by atoms with Crippen LogP contribution in [0.15, 0.2) is 64.6 Å². The number of carbonyl (C=O) groups excluding carboxylic acids is 2. The molecule has 0 aliphatic heterocycles. The van der Waals surface area contributed by atoms with Crippen LogP contribution in [0.3, 0.4) is 0 Å². The number of hydrogen-bond acceptors (Lipinski definition) is 4. The zero-order valence-corrected chi connectivity index (χ0v) is 13.4. The van der Waals surface area contributed by atoms with E-state index < -0.39 is 0 Å². The topological polar surface area (TPSA) is 83.4 Å². The molecule has 24 heavy (non-hydrogen) atoms. The molecule has 2 aromatic heterocycles. The van der Waals surface area contributed by atoms with Gasteiger partial charge >= 0.3 is 6.03 Å². The van der Waals surface area contributed by atoms with E-state index in [0.29, 0.717) is 17.9 Å². The third-order valence-electron chi connectivity index (χ3n) is 3.15. The van der Waals surface area contributed by atoms with Crippen molar-refractivity contribution >= 4 is 34.6 Å². The minimum absolute atomic E-state index is 0.241. The highest BCUT2D eigenvalue weighted by Gasteiger charge is 2.08. The number of hydrogen-bond donors (Lipinski definition) is 3. The number of carbonyl (C=O) groups is 2. The van der Waals surface area contributed by atoms with E-state index in [1.165, 1.54) is 6.26 Å². The highest BCUT2D eigenvalue weighted by molar-refractivity contribution is 7.09. The average Bonchev–Trinajstić information content (AvgIpc) is 3.28. The normalized spacial score (nSPS) is 10.2. The fourth-order valence-corrected chi connectivity index (χ4v) is 2.64. The second-order valence-corrected chi connectivity index (χ2v) is 5.93. The minimum Gasteiger partial charge on any atom is -0.459 e. The summed E-state index contributed by atoms with van der Waals surface area (Å²) in [6, 6.07) is 13.7. The summed E-state index contributed by atoms with van der Waals surface area (Å²) >= 11 is 1.59. The lowest BCUT2D eigenvalue weighted by Crippen LogP contribution is -2.27. The highest BCUT2D eigenvalue weighted by atomic mass is 32.1. The Labute approximate surface area is 142 Å². The van der Waals surface area contributed by atoms with Gasteiger partial charge in [-0.15, -0.1) is 11.3 Å². The zero-order valence-electron chi connectivity index (χ0n) is 12.6. The van der Waals surface area contributed by atoms with E-state index >= 15 is 0 Å². The van der Waals surface area contributed by atoms with Crippen molar-refractivity contribution in [3.63, 3.8) is 0 Å². The molecule has 3 aromatic rings.